The van der Waals surface area contributed by atoms with Gasteiger partial charge in [0.05, 0.1) is 16.9 Å². The topological polar surface area (TPSA) is 111 Å². The summed E-state index contributed by atoms with van der Waals surface area (Å²) in [5.74, 6) is -5.28. The van der Waals surface area contributed by atoms with Gasteiger partial charge in [0.25, 0.3) is 5.92 Å². The van der Waals surface area contributed by atoms with Crippen molar-refractivity contribution < 1.29 is 22.4 Å². The predicted molar refractivity (Wildman–Crippen MR) is 122 cm³/mol. The fourth-order valence-electron chi connectivity index (χ4n) is 4.70. The van der Waals surface area contributed by atoms with Crippen molar-refractivity contribution in [3.05, 3.63) is 35.0 Å². The first kappa shape index (κ1) is 23.6. The van der Waals surface area contributed by atoms with E-state index in [1.165, 1.54) is 18.3 Å². The first-order valence-corrected chi connectivity index (χ1v) is 11.6. The summed E-state index contributed by atoms with van der Waals surface area (Å²) in [7, 11) is 0. The number of benzene rings is 1. The number of amides is 1. The molecular formula is C22H22ClF4N7O. The highest BCUT2D eigenvalue weighted by molar-refractivity contribution is 6.30. The second-order valence-corrected chi connectivity index (χ2v) is 9.48. The third-order valence-electron chi connectivity index (χ3n) is 6.60. The monoisotopic (exact) mass is 511 g/mol. The third kappa shape index (κ3) is 4.58. The molecule has 1 aromatic carbocycles. The maximum absolute atomic E-state index is 14.5. The number of carbonyl (C=O) groups excluding carboxylic acids is 1. The minimum Gasteiger partial charge on any atom is -0.369 e. The minimum absolute atomic E-state index is 0.167. The number of halogens is 5. The molecule has 0 aliphatic heterocycles. The lowest BCUT2D eigenvalue weighted by molar-refractivity contribution is -0.122. The van der Waals surface area contributed by atoms with Crippen LogP contribution in [0.4, 0.5) is 35.1 Å². The summed E-state index contributed by atoms with van der Waals surface area (Å²) in [4.78, 5) is 24.8. The highest BCUT2D eigenvalue weighted by atomic mass is 35.5. The van der Waals surface area contributed by atoms with E-state index in [0.717, 1.165) is 0 Å². The van der Waals surface area contributed by atoms with E-state index in [1.807, 2.05) is 0 Å². The van der Waals surface area contributed by atoms with Gasteiger partial charge in [-0.3, -0.25) is 9.36 Å². The van der Waals surface area contributed by atoms with Gasteiger partial charge in [-0.15, -0.1) is 0 Å². The molecule has 2 aliphatic rings. The van der Waals surface area contributed by atoms with Crippen LogP contribution in [0.5, 0.6) is 0 Å². The molecule has 35 heavy (non-hydrogen) atoms. The van der Waals surface area contributed by atoms with Gasteiger partial charge in [-0.2, -0.15) is 4.98 Å². The number of fused-ring (bicyclic) bond motifs is 1. The quantitative estimate of drug-likeness (QED) is 0.320. The molecular weight excluding hydrogens is 490 g/mol. The Kier molecular flexibility index (Phi) is 5.94. The van der Waals surface area contributed by atoms with Crippen LogP contribution < -0.4 is 16.4 Å². The molecule has 0 saturated heterocycles. The molecule has 8 nitrogen and oxygen atoms in total. The number of primary amides is 1. The van der Waals surface area contributed by atoms with Gasteiger partial charge in [0.2, 0.25) is 17.8 Å². The minimum atomic E-state index is -2.70. The zero-order valence-electron chi connectivity index (χ0n) is 18.4. The summed E-state index contributed by atoms with van der Waals surface area (Å²) in [5, 5.41) is 5.38. The van der Waals surface area contributed by atoms with Crippen LogP contribution in [0, 0.1) is 17.6 Å². The Balaban J connectivity index is 1.51. The van der Waals surface area contributed by atoms with Gasteiger partial charge in [0, 0.05) is 30.8 Å². The summed E-state index contributed by atoms with van der Waals surface area (Å²) < 4.78 is 56.8. The van der Waals surface area contributed by atoms with E-state index >= 15 is 0 Å². The van der Waals surface area contributed by atoms with E-state index in [1.54, 1.807) is 4.57 Å². The van der Waals surface area contributed by atoms with Crippen LogP contribution in [0.3, 0.4) is 0 Å². The van der Waals surface area contributed by atoms with Crippen LogP contribution in [-0.4, -0.2) is 37.4 Å². The third-order valence-corrected chi connectivity index (χ3v) is 6.89. The summed E-state index contributed by atoms with van der Waals surface area (Å²) in [6.07, 6.45) is 3.08. The summed E-state index contributed by atoms with van der Waals surface area (Å²) in [5.41, 5.74) is 6.07. The number of hydrogen-bond acceptors (Lipinski definition) is 6. The number of hydrogen-bond donors (Lipinski definition) is 3. The SMILES string of the molecule is NC(=O)[C@H]1CC[C@H](n2c(Nc3ccc(Cl)c(F)c3F)nc3cnc(NC4CC(F)(F)C4)nc32)CC1. The lowest BCUT2D eigenvalue weighted by atomic mass is 9.85. The smallest absolute Gasteiger partial charge is 0.252 e. The molecule has 0 bridgehead atoms. The predicted octanol–water partition coefficient (Wildman–Crippen LogP) is 4.93. The maximum Gasteiger partial charge on any atom is 0.252 e. The molecule has 5 rings (SSSR count). The first-order chi connectivity index (χ1) is 16.6. The number of alkyl halides is 2. The molecule has 2 saturated carbocycles. The standard InChI is InChI=1S/C22H22ClF4N7O/c23-13-5-6-14(17(25)16(13)24)31-21-32-15-9-29-20(30-11-7-22(26,27)8-11)33-19(15)34(21)12-3-1-10(2-4-12)18(28)35/h5-6,9-12H,1-4,7-8H2,(H2,28,35)(H,31,32)(H,29,30,33)/t10-,12-. The average molecular weight is 512 g/mol. The van der Waals surface area contributed by atoms with E-state index in [0.29, 0.717) is 36.8 Å². The van der Waals surface area contributed by atoms with Crippen molar-refractivity contribution in [1.82, 2.24) is 19.5 Å². The molecule has 2 fully saturated rings. The van der Waals surface area contributed by atoms with Crippen molar-refractivity contribution in [1.29, 1.82) is 0 Å². The van der Waals surface area contributed by atoms with Crippen LogP contribution >= 0.6 is 11.6 Å². The van der Waals surface area contributed by atoms with Gasteiger partial charge in [0.15, 0.2) is 17.3 Å². The fourth-order valence-corrected chi connectivity index (χ4v) is 4.85. The Morgan fingerprint density at radius 1 is 1.11 bits per heavy atom. The van der Waals surface area contributed by atoms with Crippen molar-refractivity contribution in [2.75, 3.05) is 10.6 Å². The molecule has 4 N–H and O–H groups in total. The van der Waals surface area contributed by atoms with Crippen molar-refractivity contribution in [2.24, 2.45) is 11.7 Å². The lowest BCUT2D eigenvalue weighted by Crippen LogP contribution is -2.44. The lowest BCUT2D eigenvalue weighted by Gasteiger charge is -2.35. The molecule has 13 heteroatoms. The van der Waals surface area contributed by atoms with Gasteiger partial charge in [-0.1, -0.05) is 11.6 Å². The Bertz CT molecular complexity index is 1280. The highest BCUT2D eigenvalue weighted by Crippen LogP contribution is 2.40. The van der Waals surface area contributed by atoms with E-state index in [-0.39, 0.29) is 53.3 Å². The second-order valence-electron chi connectivity index (χ2n) is 9.07. The van der Waals surface area contributed by atoms with Crippen molar-refractivity contribution in [2.45, 2.75) is 56.5 Å². The largest absolute Gasteiger partial charge is 0.369 e. The van der Waals surface area contributed by atoms with E-state index < -0.39 is 23.6 Å². The zero-order chi connectivity index (χ0) is 24.9. The van der Waals surface area contributed by atoms with Gasteiger partial charge >= 0.3 is 0 Å². The molecule has 2 aliphatic carbocycles. The molecule has 2 aromatic heterocycles. The van der Waals surface area contributed by atoms with Crippen molar-refractivity contribution in [3.63, 3.8) is 0 Å². The van der Waals surface area contributed by atoms with Crippen LogP contribution in [-0.2, 0) is 4.79 Å². The van der Waals surface area contributed by atoms with Crippen molar-refractivity contribution >= 4 is 46.3 Å². The number of imidazole rings is 1. The molecule has 0 unspecified atom stereocenters. The molecule has 0 spiro atoms. The van der Waals surface area contributed by atoms with E-state index in [4.69, 9.17) is 17.3 Å². The highest BCUT2D eigenvalue weighted by Gasteiger charge is 2.45. The van der Waals surface area contributed by atoms with Crippen LogP contribution in [0.15, 0.2) is 18.3 Å². The number of aromatic nitrogens is 4. The van der Waals surface area contributed by atoms with E-state index in [9.17, 15) is 22.4 Å². The number of anilines is 3. The van der Waals surface area contributed by atoms with Gasteiger partial charge < -0.3 is 16.4 Å². The number of nitrogens with one attached hydrogen (secondary N) is 2. The zero-order valence-corrected chi connectivity index (χ0v) is 19.1. The number of nitrogens with two attached hydrogens (primary N) is 1. The van der Waals surface area contributed by atoms with Crippen LogP contribution in [0.2, 0.25) is 5.02 Å². The van der Waals surface area contributed by atoms with Gasteiger partial charge in [-0.25, -0.2) is 27.5 Å². The summed E-state index contributed by atoms with van der Waals surface area (Å²) in [6, 6.07) is 1.90. The summed E-state index contributed by atoms with van der Waals surface area (Å²) in [6.45, 7) is 0. The van der Waals surface area contributed by atoms with Gasteiger partial charge in [-0.05, 0) is 37.8 Å². The number of rotatable bonds is 6. The fraction of sp³-hybridized carbons (Fsp3) is 0.455. The molecule has 3 aromatic rings. The maximum atomic E-state index is 14.5. The Labute approximate surface area is 202 Å². The summed E-state index contributed by atoms with van der Waals surface area (Å²) >= 11 is 5.67. The molecule has 0 atom stereocenters. The average Bonchev–Trinajstić information content (AvgIpc) is 3.15. The normalized spacial score (nSPS) is 22.1. The molecule has 2 heterocycles. The van der Waals surface area contributed by atoms with Gasteiger partial charge in [0.1, 0.15) is 5.52 Å². The Hall–Kier alpha value is -3.15. The van der Waals surface area contributed by atoms with Crippen LogP contribution in [0.1, 0.15) is 44.6 Å². The van der Waals surface area contributed by atoms with Crippen molar-refractivity contribution in [3.8, 4) is 0 Å². The van der Waals surface area contributed by atoms with Crippen LogP contribution in [0.25, 0.3) is 11.2 Å². The Morgan fingerprint density at radius 2 is 1.83 bits per heavy atom. The molecule has 186 valence electrons. The number of nitrogens with zero attached hydrogens (tertiary/aromatic N) is 4. The van der Waals surface area contributed by atoms with E-state index in [2.05, 4.69) is 25.6 Å². The first-order valence-electron chi connectivity index (χ1n) is 11.2. The Morgan fingerprint density at radius 3 is 2.49 bits per heavy atom. The second kappa shape index (κ2) is 8.81. The molecule has 0 radical (unpaired) electrons. The number of carbonyl (C=O) groups is 1. The molecule has 1 amide bonds.